The molecule has 2 N–H and O–H groups in total. The molecule has 2 aromatic rings. The van der Waals surface area contributed by atoms with Crippen molar-refractivity contribution in [3.63, 3.8) is 0 Å². The van der Waals surface area contributed by atoms with Crippen molar-refractivity contribution in [1.82, 2.24) is 9.97 Å². The lowest BCUT2D eigenvalue weighted by Gasteiger charge is -2.38. The zero-order valence-corrected chi connectivity index (χ0v) is 14.5. The van der Waals surface area contributed by atoms with Gasteiger partial charge in [-0.05, 0) is 24.3 Å². The second-order valence-corrected chi connectivity index (χ2v) is 6.88. The molecule has 7 heteroatoms. The minimum Gasteiger partial charge on any atom is -0.393 e. The number of ether oxygens (including phenoxy) is 1. The van der Waals surface area contributed by atoms with Crippen LogP contribution in [0.2, 0.25) is 0 Å². The first-order valence-electron chi connectivity index (χ1n) is 9.05. The minimum atomic E-state index is -0.423. The average molecular weight is 358 g/mol. The number of halogens is 1. The van der Waals surface area contributed by atoms with E-state index in [1.807, 2.05) is 23.1 Å². The van der Waals surface area contributed by atoms with Gasteiger partial charge < -0.3 is 20.1 Å². The monoisotopic (exact) mass is 358 g/mol. The first-order chi connectivity index (χ1) is 12.7. The van der Waals surface area contributed by atoms with Crippen LogP contribution in [0.4, 0.5) is 16.2 Å². The number of nitrogens with zero attached hydrogens (tertiary/aromatic N) is 3. The number of aliphatic hydroxyl groups is 1. The van der Waals surface area contributed by atoms with E-state index in [1.54, 1.807) is 0 Å². The fourth-order valence-corrected chi connectivity index (χ4v) is 3.60. The Hall–Kier alpha value is -2.25. The van der Waals surface area contributed by atoms with E-state index in [1.165, 1.54) is 6.20 Å². The summed E-state index contributed by atoms with van der Waals surface area (Å²) in [5, 5.41) is 13.1. The Morgan fingerprint density at radius 2 is 1.92 bits per heavy atom. The highest BCUT2D eigenvalue weighted by Crippen LogP contribution is 2.39. The summed E-state index contributed by atoms with van der Waals surface area (Å²) in [6.07, 6.45) is 2.46. The van der Waals surface area contributed by atoms with Crippen molar-refractivity contribution in [2.75, 3.05) is 36.5 Å². The highest BCUT2D eigenvalue weighted by atomic mass is 19.1. The van der Waals surface area contributed by atoms with Gasteiger partial charge in [-0.1, -0.05) is 30.3 Å². The number of aromatic nitrogens is 2. The summed E-state index contributed by atoms with van der Waals surface area (Å²) in [4.78, 5) is 10.5. The maximum atomic E-state index is 14.2. The van der Waals surface area contributed by atoms with Gasteiger partial charge >= 0.3 is 0 Å². The molecule has 0 amide bonds. The van der Waals surface area contributed by atoms with Gasteiger partial charge in [-0.15, -0.1) is 0 Å². The van der Waals surface area contributed by atoms with Gasteiger partial charge in [0.15, 0.2) is 11.6 Å². The van der Waals surface area contributed by atoms with Crippen LogP contribution in [0, 0.1) is 11.7 Å². The fourth-order valence-electron chi connectivity index (χ4n) is 3.60. The molecule has 2 aliphatic rings. The lowest BCUT2D eigenvalue weighted by Crippen LogP contribution is -2.38. The van der Waals surface area contributed by atoms with Crippen LogP contribution in [0.25, 0.3) is 0 Å². The van der Waals surface area contributed by atoms with Crippen LogP contribution in [0.5, 0.6) is 0 Å². The topological polar surface area (TPSA) is 70.5 Å². The molecule has 1 aliphatic heterocycles. The molecular formula is C19H23FN4O2. The Morgan fingerprint density at radius 3 is 2.62 bits per heavy atom. The third kappa shape index (κ3) is 3.64. The standard InChI is InChI=1S/C19H23FN4O2/c20-16-12-21-19(23-18(16)24-6-8-26-9-7-24)22-17(14-10-15(25)11-14)13-4-2-1-3-5-13/h1-5,12,14-15,17,25H,6-11H2,(H,21,22,23)/t14?,15?,17-/m0/s1. The van der Waals surface area contributed by atoms with Crippen molar-refractivity contribution in [2.24, 2.45) is 5.92 Å². The third-order valence-corrected chi connectivity index (χ3v) is 5.10. The number of anilines is 2. The van der Waals surface area contributed by atoms with E-state index in [0.717, 1.165) is 18.4 Å². The first kappa shape index (κ1) is 17.2. The molecule has 0 bridgehead atoms. The maximum Gasteiger partial charge on any atom is 0.225 e. The van der Waals surface area contributed by atoms with E-state index in [2.05, 4.69) is 27.4 Å². The van der Waals surface area contributed by atoms with Crippen LogP contribution in [0.1, 0.15) is 24.4 Å². The van der Waals surface area contributed by atoms with Crippen molar-refractivity contribution in [3.8, 4) is 0 Å². The highest BCUT2D eigenvalue weighted by Gasteiger charge is 2.35. The quantitative estimate of drug-likeness (QED) is 0.855. The lowest BCUT2D eigenvalue weighted by molar-refractivity contribution is 0.0338. The molecule has 1 aromatic heterocycles. The Labute approximate surface area is 152 Å². The van der Waals surface area contributed by atoms with Crippen LogP contribution in [-0.2, 0) is 4.74 Å². The summed E-state index contributed by atoms with van der Waals surface area (Å²) in [6, 6.07) is 10.0. The summed E-state index contributed by atoms with van der Waals surface area (Å²) < 4.78 is 19.6. The lowest BCUT2D eigenvalue weighted by atomic mass is 9.75. The number of nitrogens with one attached hydrogen (secondary N) is 1. The van der Waals surface area contributed by atoms with Gasteiger partial charge in [0, 0.05) is 13.1 Å². The van der Waals surface area contributed by atoms with Gasteiger partial charge in [-0.3, -0.25) is 0 Å². The van der Waals surface area contributed by atoms with Crippen molar-refractivity contribution in [1.29, 1.82) is 0 Å². The van der Waals surface area contributed by atoms with E-state index in [4.69, 9.17) is 4.74 Å². The van der Waals surface area contributed by atoms with Crippen molar-refractivity contribution in [3.05, 3.63) is 47.9 Å². The van der Waals surface area contributed by atoms with E-state index in [0.29, 0.717) is 44.0 Å². The smallest absolute Gasteiger partial charge is 0.225 e. The van der Waals surface area contributed by atoms with Crippen LogP contribution in [0.15, 0.2) is 36.5 Å². The third-order valence-electron chi connectivity index (χ3n) is 5.10. The van der Waals surface area contributed by atoms with Crippen LogP contribution >= 0.6 is 0 Å². The minimum absolute atomic E-state index is 0.0115. The molecule has 0 unspecified atom stereocenters. The fraction of sp³-hybridized carbons (Fsp3) is 0.474. The molecule has 2 fully saturated rings. The molecule has 0 radical (unpaired) electrons. The first-order valence-corrected chi connectivity index (χ1v) is 9.05. The predicted molar refractivity (Wildman–Crippen MR) is 96.6 cm³/mol. The molecule has 6 nitrogen and oxygen atoms in total. The Bertz CT molecular complexity index is 734. The summed E-state index contributed by atoms with van der Waals surface area (Å²) in [5.41, 5.74) is 1.12. The largest absolute Gasteiger partial charge is 0.393 e. The van der Waals surface area contributed by atoms with Gasteiger partial charge in [-0.2, -0.15) is 4.98 Å². The number of hydrogen-bond donors (Lipinski definition) is 2. The van der Waals surface area contributed by atoms with Crippen LogP contribution in [-0.4, -0.2) is 47.5 Å². The van der Waals surface area contributed by atoms with Crippen LogP contribution < -0.4 is 10.2 Å². The SMILES string of the molecule is OC1CC([C@@H](Nc2ncc(F)c(N3CCOCC3)n2)c2ccccc2)C1. The zero-order valence-electron chi connectivity index (χ0n) is 14.5. The van der Waals surface area contributed by atoms with Gasteiger partial charge in [0.2, 0.25) is 5.95 Å². The molecule has 0 spiro atoms. The van der Waals surface area contributed by atoms with Crippen molar-refractivity contribution in [2.45, 2.75) is 25.0 Å². The molecule has 2 heterocycles. The van der Waals surface area contributed by atoms with Gasteiger partial charge in [-0.25, -0.2) is 9.37 Å². The maximum absolute atomic E-state index is 14.2. The van der Waals surface area contributed by atoms with Crippen molar-refractivity contribution < 1.29 is 14.2 Å². The highest BCUT2D eigenvalue weighted by molar-refractivity contribution is 5.45. The Morgan fingerprint density at radius 1 is 1.19 bits per heavy atom. The normalized spacial score (nSPS) is 24.0. The second kappa shape index (κ2) is 7.55. The van der Waals surface area contributed by atoms with Crippen LogP contribution in [0.3, 0.4) is 0 Å². The average Bonchev–Trinajstić information content (AvgIpc) is 2.66. The number of benzene rings is 1. The number of rotatable bonds is 5. The summed E-state index contributed by atoms with van der Waals surface area (Å²) in [5.74, 6) is 0.593. The molecule has 26 heavy (non-hydrogen) atoms. The number of aliphatic hydroxyl groups excluding tert-OH is 1. The molecular weight excluding hydrogens is 335 g/mol. The number of hydrogen-bond acceptors (Lipinski definition) is 6. The molecule has 1 aliphatic carbocycles. The molecule has 1 saturated carbocycles. The second-order valence-electron chi connectivity index (χ2n) is 6.88. The van der Waals surface area contributed by atoms with E-state index >= 15 is 0 Å². The number of morpholine rings is 1. The predicted octanol–water partition coefficient (Wildman–Crippen LogP) is 2.38. The molecule has 1 aromatic carbocycles. The van der Waals surface area contributed by atoms with E-state index in [9.17, 15) is 9.50 Å². The zero-order chi connectivity index (χ0) is 17.9. The molecule has 1 saturated heterocycles. The molecule has 138 valence electrons. The molecule has 4 rings (SSSR count). The van der Waals surface area contributed by atoms with Gasteiger partial charge in [0.25, 0.3) is 0 Å². The van der Waals surface area contributed by atoms with Gasteiger partial charge in [0.05, 0.1) is 31.6 Å². The Kier molecular flexibility index (Phi) is 4.99. The van der Waals surface area contributed by atoms with Crippen molar-refractivity contribution >= 4 is 11.8 Å². The summed E-state index contributed by atoms with van der Waals surface area (Å²) in [6.45, 7) is 2.37. The molecule has 1 atom stereocenters. The van der Waals surface area contributed by atoms with E-state index < -0.39 is 5.82 Å². The Balaban J connectivity index is 1.57. The van der Waals surface area contributed by atoms with E-state index in [-0.39, 0.29) is 12.1 Å². The summed E-state index contributed by atoms with van der Waals surface area (Å²) in [7, 11) is 0. The van der Waals surface area contributed by atoms with Gasteiger partial charge in [0.1, 0.15) is 0 Å². The summed E-state index contributed by atoms with van der Waals surface area (Å²) >= 11 is 0.